The molecule has 0 aliphatic rings. The van der Waals surface area contributed by atoms with E-state index in [1.54, 1.807) is 38.4 Å². The van der Waals surface area contributed by atoms with Crippen LogP contribution in [-0.4, -0.2) is 39.2 Å². The number of rotatable bonds is 5. The van der Waals surface area contributed by atoms with Gasteiger partial charge in [-0.2, -0.15) is 0 Å². The molecule has 0 saturated carbocycles. The Morgan fingerprint density at radius 1 is 1.22 bits per heavy atom. The van der Waals surface area contributed by atoms with Crippen molar-refractivity contribution in [2.24, 2.45) is 0 Å². The van der Waals surface area contributed by atoms with Gasteiger partial charge in [0, 0.05) is 20.5 Å². The minimum absolute atomic E-state index is 0.0472. The highest BCUT2D eigenvalue weighted by atomic mass is 32.2. The maximum Gasteiger partial charge on any atom is 0.235 e. The van der Waals surface area contributed by atoms with E-state index in [1.165, 1.54) is 5.01 Å². The molecule has 0 heterocycles. The molecule has 1 aromatic rings. The van der Waals surface area contributed by atoms with Gasteiger partial charge >= 0.3 is 0 Å². The molecule has 0 fully saturated rings. The molecule has 18 heavy (non-hydrogen) atoms. The van der Waals surface area contributed by atoms with Crippen molar-refractivity contribution >= 4 is 15.7 Å². The summed E-state index contributed by atoms with van der Waals surface area (Å²) in [5.41, 5.74) is 3.51. The fourth-order valence-corrected chi connectivity index (χ4v) is 2.64. The average molecular weight is 270 g/mol. The average Bonchev–Trinajstić information content (AvgIpc) is 2.26. The fraction of sp³-hybridized carbons (Fsp3) is 0.417. The lowest BCUT2D eigenvalue weighted by molar-refractivity contribution is -0.124. The fourth-order valence-electron chi connectivity index (χ4n) is 1.40. The highest BCUT2D eigenvalue weighted by Gasteiger charge is 2.16. The number of aryl methyl sites for hydroxylation is 1. The van der Waals surface area contributed by atoms with Crippen molar-refractivity contribution in [1.82, 2.24) is 10.4 Å². The Morgan fingerprint density at radius 3 is 2.28 bits per heavy atom. The summed E-state index contributed by atoms with van der Waals surface area (Å²) in [7, 11) is -0.0413. The summed E-state index contributed by atoms with van der Waals surface area (Å²) >= 11 is 0. The lowest BCUT2D eigenvalue weighted by Gasteiger charge is -2.11. The van der Waals surface area contributed by atoms with Gasteiger partial charge < -0.3 is 0 Å². The Balaban J connectivity index is 2.66. The van der Waals surface area contributed by atoms with Gasteiger partial charge in [0.25, 0.3) is 0 Å². The van der Waals surface area contributed by atoms with Gasteiger partial charge in [-0.15, -0.1) is 0 Å². The van der Waals surface area contributed by atoms with E-state index in [2.05, 4.69) is 5.43 Å². The molecule has 1 N–H and O–H groups in total. The lowest BCUT2D eigenvalue weighted by atomic mass is 10.2. The molecular weight excluding hydrogens is 252 g/mol. The van der Waals surface area contributed by atoms with Crippen molar-refractivity contribution in [2.45, 2.75) is 18.2 Å². The molecule has 0 aliphatic heterocycles. The molecule has 1 amide bonds. The van der Waals surface area contributed by atoms with Crippen molar-refractivity contribution in [3.63, 3.8) is 0 Å². The first kappa shape index (κ1) is 14.7. The van der Waals surface area contributed by atoms with Crippen molar-refractivity contribution in [3.05, 3.63) is 29.8 Å². The summed E-state index contributed by atoms with van der Waals surface area (Å²) in [6.45, 7) is 1.89. The summed E-state index contributed by atoms with van der Waals surface area (Å²) in [6, 6.07) is 6.61. The SMILES string of the molecule is Cc1ccc(S(=O)(=O)CCC(=O)NN(C)C)cc1. The number of sulfone groups is 1. The Bertz CT molecular complexity index is 507. The van der Waals surface area contributed by atoms with Crippen LogP contribution in [0.25, 0.3) is 0 Å². The number of nitrogens with zero attached hydrogens (tertiary/aromatic N) is 1. The second-order valence-corrected chi connectivity index (χ2v) is 6.42. The normalized spacial score (nSPS) is 11.6. The number of benzene rings is 1. The second kappa shape index (κ2) is 5.97. The van der Waals surface area contributed by atoms with E-state index in [0.29, 0.717) is 0 Å². The number of nitrogens with one attached hydrogen (secondary N) is 1. The Kier molecular flexibility index (Phi) is 4.86. The third-order valence-corrected chi connectivity index (χ3v) is 4.06. The van der Waals surface area contributed by atoms with E-state index in [1.807, 2.05) is 6.92 Å². The minimum atomic E-state index is -3.39. The third-order valence-electron chi connectivity index (χ3n) is 2.33. The van der Waals surface area contributed by atoms with Crippen LogP contribution >= 0.6 is 0 Å². The first-order valence-corrected chi connectivity index (χ1v) is 7.23. The number of hydrogen-bond donors (Lipinski definition) is 1. The first-order chi connectivity index (χ1) is 8.31. The van der Waals surface area contributed by atoms with Crippen LogP contribution in [0.15, 0.2) is 29.2 Å². The molecule has 0 saturated heterocycles. The zero-order valence-corrected chi connectivity index (χ0v) is 11.6. The van der Waals surface area contributed by atoms with Gasteiger partial charge in [0.2, 0.25) is 5.91 Å². The molecule has 0 spiro atoms. The standard InChI is InChI=1S/C12H18N2O3S/c1-10-4-6-11(7-5-10)18(16,17)9-8-12(15)13-14(2)3/h4-7H,8-9H2,1-3H3,(H,13,15). The predicted molar refractivity (Wildman–Crippen MR) is 69.7 cm³/mol. The molecule has 0 unspecified atom stereocenters. The van der Waals surface area contributed by atoms with E-state index < -0.39 is 9.84 Å². The molecule has 0 aromatic heterocycles. The van der Waals surface area contributed by atoms with E-state index >= 15 is 0 Å². The molecule has 0 radical (unpaired) electrons. The lowest BCUT2D eigenvalue weighted by Crippen LogP contribution is -2.36. The number of amides is 1. The molecule has 100 valence electrons. The Morgan fingerprint density at radius 2 is 1.78 bits per heavy atom. The number of hydrogen-bond acceptors (Lipinski definition) is 4. The van der Waals surface area contributed by atoms with Gasteiger partial charge in [-0.1, -0.05) is 17.7 Å². The molecule has 1 rings (SSSR count). The zero-order chi connectivity index (χ0) is 13.8. The van der Waals surface area contributed by atoms with Crippen molar-refractivity contribution in [3.8, 4) is 0 Å². The first-order valence-electron chi connectivity index (χ1n) is 5.57. The summed E-state index contributed by atoms with van der Waals surface area (Å²) in [6.07, 6.45) is -0.0472. The zero-order valence-electron chi connectivity index (χ0n) is 10.8. The largest absolute Gasteiger partial charge is 0.289 e. The summed E-state index contributed by atoms with van der Waals surface area (Å²) in [4.78, 5) is 11.6. The minimum Gasteiger partial charge on any atom is -0.289 e. The van der Waals surface area contributed by atoms with Crippen LogP contribution in [0, 0.1) is 6.92 Å². The van der Waals surface area contributed by atoms with Gasteiger partial charge in [-0.05, 0) is 19.1 Å². The second-order valence-electron chi connectivity index (χ2n) is 4.31. The summed E-state index contributed by atoms with van der Waals surface area (Å²) in [5.74, 6) is -0.494. The maximum absolute atomic E-state index is 11.9. The highest BCUT2D eigenvalue weighted by Crippen LogP contribution is 2.12. The van der Waals surface area contributed by atoms with E-state index in [9.17, 15) is 13.2 Å². The number of hydrazine groups is 1. The van der Waals surface area contributed by atoms with Gasteiger partial charge in [-0.3, -0.25) is 10.2 Å². The van der Waals surface area contributed by atoms with E-state index in [4.69, 9.17) is 0 Å². The molecule has 0 atom stereocenters. The molecular formula is C12H18N2O3S. The van der Waals surface area contributed by atoms with Crippen LogP contribution < -0.4 is 5.43 Å². The maximum atomic E-state index is 11.9. The van der Waals surface area contributed by atoms with Gasteiger partial charge in [-0.25, -0.2) is 13.4 Å². The molecule has 1 aromatic carbocycles. The molecule has 5 nitrogen and oxygen atoms in total. The number of carbonyl (C=O) groups is 1. The van der Waals surface area contributed by atoms with E-state index in [0.717, 1.165) is 5.56 Å². The monoisotopic (exact) mass is 270 g/mol. The molecule has 6 heteroatoms. The Labute approximate surface area is 108 Å². The van der Waals surface area contributed by atoms with Crippen LogP contribution in [0.1, 0.15) is 12.0 Å². The van der Waals surface area contributed by atoms with Crippen molar-refractivity contribution in [2.75, 3.05) is 19.8 Å². The van der Waals surface area contributed by atoms with Gasteiger partial charge in [0.1, 0.15) is 0 Å². The van der Waals surface area contributed by atoms with Crippen LogP contribution in [0.5, 0.6) is 0 Å². The van der Waals surface area contributed by atoms with Gasteiger partial charge in [0.15, 0.2) is 9.84 Å². The van der Waals surface area contributed by atoms with Crippen LogP contribution in [0.3, 0.4) is 0 Å². The van der Waals surface area contributed by atoms with Gasteiger partial charge in [0.05, 0.1) is 10.6 Å². The number of carbonyl (C=O) groups excluding carboxylic acids is 1. The van der Waals surface area contributed by atoms with E-state index in [-0.39, 0.29) is 23.0 Å². The summed E-state index contributed by atoms with van der Waals surface area (Å²) in [5, 5.41) is 1.49. The molecule has 0 aliphatic carbocycles. The predicted octanol–water partition coefficient (Wildman–Crippen LogP) is 0.752. The topological polar surface area (TPSA) is 66.5 Å². The highest BCUT2D eigenvalue weighted by molar-refractivity contribution is 7.91. The summed E-state index contributed by atoms with van der Waals surface area (Å²) < 4.78 is 23.9. The molecule has 0 bridgehead atoms. The van der Waals surface area contributed by atoms with Crippen LogP contribution in [0.2, 0.25) is 0 Å². The third kappa shape index (κ3) is 4.46. The van der Waals surface area contributed by atoms with Crippen molar-refractivity contribution < 1.29 is 13.2 Å². The Hall–Kier alpha value is -1.40. The van der Waals surface area contributed by atoms with Crippen LogP contribution in [-0.2, 0) is 14.6 Å². The smallest absolute Gasteiger partial charge is 0.235 e. The van der Waals surface area contributed by atoms with Crippen molar-refractivity contribution in [1.29, 1.82) is 0 Å². The van der Waals surface area contributed by atoms with Crippen LogP contribution in [0.4, 0.5) is 0 Å². The quantitative estimate of drug-likeness (QED) is 0.802.